The van der Waals surface area contributed by atoms with Crippen LogP contribution in [0.4, 0.5) is 11.4 Å². The third-order valence-electron chi connectivity index (χ3n) is 5.61. The van der Waals surface area contributed by atoms with Gasteiger partial charge >= 0.3 is 0 Å². The fourth-order valence-corrected chi connectivity index (χ4v) is 3.94. The molecule has 0 saturated carbocycles. The molecule has 0 aliphatic carbocycles. The largest absolute Gasteiger partial charge is 0.505 e. The molecule has 3 aromatic rings. The van der Waals surface area contributed by atoms with Gasteiger partial charge in [0.05, 0.1) is 5.69 Å². The Morgan fingerprint density at radius 2 is 1.63 bits per heavy atom. The summed E-state index contributed by atoms with van der Waals surface area (Å²) in [6.07, 6.45) is 4.87. The molecule has 1 saturated heterocycles. The van der Waals surface area contributed by atoms with Crippen LogP contribution in [0.15, 0.2) is 54.6 Å². The highest BCUT2D eigenvalue weighted by Crippen LogP contribution is 2.32. The van der Waals surface area contributed by atoms with Gasteiger partial charge in [0.15, 0.2) is 5.75 Å². The number of carbonyl (C=O) groups excluding carboxylic acids is 1. The maximum atomic E-state index is 12.7. The molecule has 0 atom stereocenters. The SMILES string of the molecule is O=C(Nc1ccc(N2CCCCC2)cc1)c1c(O)[nH]c(CCc2ccccc2)c1O. The first-order valence-electron chi connectivity index (χ1n) is 10.4. The molecule has 0 spiro atoms. The molecule has 1 fully saturated rings. The predicted molar refractivity (Wildman–Crippen MR) is 118 cm³/mol. The van der Waals surface area contributed by atoms with Gasteiger partial charge in [-0.25, -0.2) is 0 Å². The lowest BCUT2D eigenvalue weighted by Crippen LogP contribution is -2.29. The fraction of sp³-hybridized carbons (Fsp3) is 0.292. The number of carbonyl (C=O) groups is 1. The van der Waals surface area contributed by atoms with Crippen LogP contribution in [0.5, 0.6) is 11.6 Å². The van der Waals surface area contributed by atoms with Gasteiger partial charge in [-0.1, -0.05) is 30.3 Å². The van der Waals surface area contributed by atoms with Gasteiger partial charge in [-0.3, -0.25) is 4.79 Å². The molecule has 0 radical (unpaired) electrons. The standard InChI is InChI=1S/C24H27N3O3/c28-22-20(14-9-17-7-3-1-4-8-17)26-24(30)21(22)23(29)25-18-10-12-19(13-11-18)27-15-5-2-6-16-27/h1,3-4,7-8,10-13,26,28,30H,2,5-6,9,14-16H2,(H,25,29). The number of rotatable bonds is 6. The van der Waals surface area contributed by atoms with Crippen molar-refractivity contribution in [3.05, 3.63) is 71.4 Å². The maximum absolute atomic E-state index is 12.7. The van der Waals surface area contributed by atoms with E-state index >= 15 is 0 Å². The normalized spacial score (nSPS) is 13.9. The monoisotopic (exact) mass is 405 g/mol. The Bertz CT molecular complexity index is 991. The first kappa shape index (κ1) is 19.9. The Labute approximate surface area is 176 Å². The van der Waals surface area contributed by atoms with E-state index in [0.29, 0.717) is 24.2 Å². The minimum Gasteiger partial charge on any atom is -0.505 e. The zero-order valence-electron chi connectivity index (χ0n) is 16.9. The molecule has 156 valence electrons. The van der Waals surface area contributed by atoms with Crippen LogP contribution in [-0.2, 0) is 12.8 Å². The molecule has 2 aromatic carbocycles. The van der Waals surface area contributed by atoms with Gasteiger partial charge in [-0.2, -0.15) is 0 Å². The number of H-pyrrole nitrogens is 1. The summed E-state index contributed by atoms with van der Waals surface area (Å²) in [7, 11) is 0. The second-order valence-corrected chi connectivity index (χ2v) is 7.71. The number of anilines is 2. The third kappa shape index (κ3) is 4.43. The van der Waals surface area contributed by atoms with Crippen molar-refractivity contribution in [3.8, 4) is 11.6 Å². The minimum absolute atomic E-state index is 0.127. The number of aromatic hydroxyl groups is 2. The molecule has 1 amide bonds. The van der Waals surface area contributed by atoms with Gasteiger partial charge in [0.2, 0.25) is 5.88 Å². The number of aromatic nitrogens is 1. The van der Waals surface area contributed by atoms with E-state index in [-0.39, 0.29) is 17.2 Å². The Morgan fingerprint density at radius 3 is 2.33 bits per heavy atom. The number of benzene rings is 2. The molecule has 30 heavy (non-hydrogen) atoms. The van der Waals surface area contributed by atoms with Crippen molar-refractivity contribution in [2.45, 2.75) is 32.1 Å². The van der Waals surface area contributed by atoms with Crippen LogP contribution in [0.1, 0.15) is 40.9 Å². The fourth-order valence-electron chi connectivity index (χ4n) is 3.94. The van der Waals surface area contributed by atoms with Crippen molar-refractivity contribution in [1.82, 2.24) is 4.98 Å². The molecule has 4 rings (SSSR count). The number of aryl methyl sites for hydroxylation is 2. The summed E-state index contributed by atoms with van der Waals surface area (Å²) in [4.78, 5) is 17.8. The van der Waals surface area contributed by atoms with Gasteiger partial charge in [-0.15, -0.1) is 0 Å². The van der Waals surface area contributed by atoms with E-state index in [4.69, 9.17) is 0 Å². The highest BCUT2D eigenvalue weighted by Gasteiger charge is 2.23. The van der Waals surface area contributed by atoms with E-state index in [1.54, 1.807) is 0 Å². The molecule has 4 N–H and O–H groups in total. The van der Waals surface area contributed by atoms with E-state index in [1.165, 1.54) is 19.3 Å². The van der Waals surface area contributed by atoms with Gasteiger partial charge in [0, 0.05) is 24.5 Å². The number of hydrogen-bond donors (Lipinski definition) is 4. The summed E-state index contributed by atoms with van der Waals surface area (Å²) in [5, 5.41) is 23.4. The predicted octanol–water partition coefficient (Wildman–Crippen LogP) is 4.45. The van der Waals surface area contributed by atoms with E-state index in [2.05, 4.69) is 15.2 Å². The number of nitrogens with zero attached hydrogens (tertiary/aromatic N) is 1. The molecule has 0 bridgehead atoms. The van der Waals surface area contributed by atoms with E-state index in [9.17, 15) is 15.0 Å². The number of piperidine rings is 1. The highest BCUT2D eigenvalue weighted by atomic mass is 16.3. The lowest BCUT2D eigenvalue weighted by molar-refractivity contribution is 0.102. The van der Waals surface area contributed by atoms with Crippen LogP contribution >= 0.6 is 0 Å². The summed E-state index contributed by atoms with van der Waals surface area (Å²) >= 11 is 0. The van der Waals surface area contributed by atoms with Crippen molar-refractivity contribution in [2.24, 2.45) is 0 Å². The Hall–Kier alpha value is -3.41. The van der Waals surface area contributed by atoms with Crippen molar-refractivity contribution in [3.63, 3.8) is 0 Å². The van der Waals surface area contributed by atoms with Crippen LogP contribution in [0.2, 0.25) is 0 Å². The van der Waals surface area contributed by atoms with Crippen molar-refractivity contribution in [1.29, 1.82) is 0 Å². The number of hydrogen-bond acceptors (Lipinski definition) is 4. The molecule has 1 aliphatic rings. The molecule has 6 heteroatoms. The first-order chi connectivity index (χ1) is 14.6. The van der Waals surface area contributed by atoms with Gasteiger partial charge < -0.3 is 25.4 Å². The summed E-state index contributed by atoms with van der Waals surface area (Å²) < 4.78 is 0. The first-order valence-corrected chi connectivity index (χ1v) is 10.4. The van der Waals surface area contributed by atoms with E-state index < -0.39 is 5.91 Å². The molecule has 6 nitrogen and oxygen atoms in total. The topological polar surface area (TPSA) is 88.6 Å². The number of amides is 1. The Morgan fingerprint density at radius 1 is 0.933 bits per heavy atom. The zero-order chi connectivity index (χ0) is 20.9. The molecule has 1 aromatic heterocycles. The molecule has 1 aliphatic heterocycles. The van der Waals surface area contributed by atoms with Gasteiger partial charge in [0.25, 0.3) is 5.91 Å². The van der Waals surface area contributed by atoms with E-state index in [1.807, 2.05) is 54.6 Å². The summed E-state index contributed by atoms with van der Waals surface area (Å²) in [5.74, 6) is -1.07. The number of aromatic amines is 1. The van der Waals surface area contributed by atoms with Crippen LogP contribution in [-0.4, -0.2) is 34.2 Å². The molecule has 2 heterocycles. The Balaban J connectivity index is 1.42. The molecular formula is C24H27N3O3. The average Bonchev–Trinajstić information content (AvgIpc) is 3.07. The maximum Gasteiger partial charge on any atom is 0.264 e. The van der Waals surface area contributed by atoms with Crippen LogP contribution in [0, 0.1) is 0 Å². The van der Waals surface area contributed by atoms with E-state index in [0.717, 1.165) is 24.3 Å². The van der Waals surface area contributed by atoms with Crippen molar-refractivity contribution >= 4 is 17.3 Å². The quantitative estimate of drug-likeness (QED) is 0.488. The minimum atomic E-state index is -0.544. The lowest BCUT2D eigenvalue weighted by atomic mass is 10.1. The second-order valence-electron chi connectivity index (χ2n) is 7.71. The second kappa shape index (κ2) is 8.95. The van der Waals surface area contributed by atoms with Crippen LogP contribution in [0.3, 0.4) is 0 Å². The third-order valence-corrected chi connectivity index (χ3v) is 5.61. The average molecular weight is 405 g/mol. The zero-order valence-corrected chi connectivity index (χ0v) is 16.9. The summed E-state index contributed by atoms with van der Waals surface area (Å²) in [5.41, 5.74) is 3.20. The van der Waals surface area contributed by atoms with Crippen molar-refractivity contribution < 1.29 is 15.0 Å². The Kier molecular flexibility index (Phi) is 5.93. The van der Waals surface area contributed by atoms with Crippen LogP contribution < -0.4 is 10.2 Å². The van der Waals surface area contributed by atoms with Gasteiger partial charge in [-0.05, 0) is 61.9 Å². The van der Waals surface area contributed by atoms with Gasteiger partial charge in [0.1, 0.15) is 5.56 Å². The molecular weight excluding hydrogens is 378 g/mol. The lowest BCUT2D eigenvalue weighted by Gasteiger charge is -2.28. The van der Waals surface area contributed by atoms with Crippen molar-refractivity contribution in [2.75, 3.05) is 23.3 Å². The summed E-state index contributed by atoms with van der Waals surface area (Å²) in [6.45, 7) is 2.12. The smallest absolute Gasteiger partial charge is 0.264 e. The highest BCUT2D eigenvalue weighted by molar-refractivity contribution is 6.08. The molecule has 0 unspecified atom stereocenters. The summed E-state index contributed by atoms with van der Waals surface area (Å²) in [6, 6.07) is 17.5. The van der Waals surface area contributed by atoms with Crippen LogP contribution in [0.25, 0.3) is 0 Å². The number of nitrogens with one attached hydrogen (secondary N) is 2.